The fraction of sp³-hybridized carbons (Fsp3) is 0.455. The van der Waals surface area contributed by atoms with Crippen LogP contribution in [0, 0.1) is 0 Å². The highest BCUT2D eigenvalue weighted by atomic mass is 16.5. The smallest absolute Gasteiger partial charge is 0.306 e. The van der Waals surface area contributed by atoms with E-state index in [1.807, 2.05) is 50.2 Å². The molecule has 0 unspecified atom stereocenters. The monoisotopic (exact) mass is 356 g/mol. The van der Waals surface area contributed by atoms with E-state index in [1.54, 1.807) is 0 Å². The van der Waals surface area contributed by atoms with Crippen molar-refractivity contribution in [3.05, 3.63) is 47.5 Å². The average molecular weight is 356 g/mol. The molecule has 0 aliphatic heterocycles. The van der Waals surface area contributed by atoms with Gasteiger partial charge in [-0.3, -0.25) is 9.59 Å². The number of rotatable bonds is 10. The average Bonchev–Trinajstić information content (AvgIpc) is 2.66. The largest absolute Gasteiger partial charge is 0.461 e. The van der Waals surface area contributed by atoms with E-state index in [-0.39, 0.29) is 25.2 Å². The molecule has 0 spiro atoms. The lowest BCUT2D eigenvalue weighted by Gasteiger charge is -2.13. The van der Waals surface area contributed by atoms with Gasteiger partial charge in [-0.15, -0.1) is 0 Å². The predicted octanol–water partition coefficient (Wildman–Crippen LogP) is 5.31. The lowest BCUT2D eigenvalue weighted by Crippen LogP contribution is -2.09. The van der Waals surface area contributed by atoms with E-state index in [1.165, 1.54) is 0 Å². The maximum atomic E-state index is 11.8. The molecule has 140 valence electrons. The molecule has 0 saturated heterocycles. The Kier molecular flexibility index (Phi) is 8.13. The summed E-state index contributed by atoms with van der Waals surface area (Å²) in [5.74, 6) is -0.378. The maximum Gasteiger partial charge on any atom is 0.306 e. The number of carbonyl (C=O) groups is 2. The van der Waals surface area contributed by atoms with E-state index in [2.05, 4.69) is 0 Å². The molecule has 0 amide bonds. The Bertz CT molecular complexity index is 673. The zero-order chi connectivity index (χ0) is 18.8. The van der Waals surface area contributed by atoms with E-state index in [0.717, 1.165) is 47.6 Å². The summed E-state index contributed by atoms with van der Waals surface area (Å²) >= 11 is 0. The van der Waals surface area contributed by atoms with Crippen molar-refractivity contribution in [2.24, 2.45) is 0 Å². The van der Waals surface area contributed by atoms with E-state index in [4.69, 9.17) is 9.47 Å². The fourth-order valence-electron chi connectivity index (χ4n) is 2.71. The minimum atomic E-state index is -0.189. The van der Waals surface area contributed by atoms with Gasteiger partial charge in [0.2, 0.25) is 0 Å². The second-order valence-corrected chi connectivity index (χ2v) is 6.50. The number of carbonyl (C=O) groups excluding carboxylic acids is 2. The first kappa shape index (κ1) is 20.0. The Morgan fingerprint density at radius 3 is 1.58 bits per heavy atom. The highest BCUT2D eigenvalue weighted by molar-refractivity contribution is 5.84. The molecule has 4 nitrogen and oxygen atoms in total. The maximum absolute atomic E-state index is 11.8. The van der Waals surface area contributed by atoms with Gasteiger partial charge in [0.25, 0.3) is 0 Å². The third-order valence-corrected chi connectivity index (χ3v) is 4.31. The first-order valence-corrected chi connectivity index (χ1v) is 9.45. The molecule has 26 heavy (non-hydrogen) atoms. The zero-order valence-electron chi connectivity index (χ0n) is 15.8. The lowest BCUT2D eigenvalue weighted by atomic mass is 10.0. The molecule has 2 aromatic rings. The summed E-state index contributed by atoms with van der Waals surface area (Å²) in [5.41, 5.74) is 1.77. The molecule has 2 rings (SSSR count). The number of esters is 2. The van der Waals surface area contributed by atoms with Crippen LogP contribution in [0.1, 0.15) is 63.5 Å². The van der Waals surface area contributed by atoms with Crippen molar-refractivity contribution in [3.8, 4) is 0 Å². The van der Waals surface area contributed by atoms with E-state index < -0.39 is 0 Å². The molecule has 4 heteroatoms. The topological polar surface area (TPSA) is 52.6 Å². The van der Waals surface area contributed by atoms with Gasteiger partial charge in [0.15, 0.2) is 0 Å². The van der Waals surface area contributed by atoms with Gasteiger partial charge in [-0.05, 0) is 46.9 Å². The summed E-state index contributed by atoms with van der Waals surface area (Å²) < 4.78 is 10.8. The highest BCUT2D eigenvalue weighted by Gasteiger charge is 2.11. The van der Waals surface area contributed by atoms with Crippen molar-refractivity contribution < 1.29 is 19.1 Å². The number of fused-ring (bicyclic) bond motifs is 1. The lowest BCUT2D eigenvalue weighted by molar-refractivity contribution is -0.146. The summed E-state index contributed by atoms with van der Waals surface area (Å²) in [6, 6.07) is 12.0. The third kappa shape index (κ3) is 6.17. The minimum absolute atomic E-state index is 0.189. The summed E-state index contributed by atoms with van der Waals surface area (Å²) in [4.78, 5) is 23.7. The Labute approximate surface area is 155 Å². The van der Waals surface area contributed by atoms with E-state index in [9.17, 15) is 9.59 Å². The van der Waals surface area contributed by atoms with E-state index >= 15 is 0 Å². The summed E-state index contributed by atoms with van der Waals surface area (Å²) in [6.45, 7) is 4.49. The number of unbranched alkanes of at least 4 members (excludes halogenated alkanes) is 2. The van der Waals surface area contributed by atoms with Gasteiger partial charge in [-0.1, -0.05) is 51.0 Å². The molecule has 0 heterocycles. The van der Waals surface area contributed by atoms with Gasteiger partial charge in [0.1, 0.15) is 13.2 Å². The highest BCUT2D eigenvalue weighted by Crippen LogP contribution is 2.22. The minimum Gasteiger partial charge on any atom is -0.461 e. The van der Waals surface area contributed by atoms with Crippen molar-refractivity contribution in [2.75, 3.05) is 0 Å². The Balaban J connectivity index is 2.11. The quantitative estimate of drug-likeness (QED) is 0.542. The number of hydrogen-bond donors (Lipinski definition) is 0. The number of hydrogen-bond acceptors (Lipinski definition) is 4. The standard InChI is InChI=1S/C22H28O4/c1-3-5-11-21(23)25-15-19-13-17-9-7-8-10-18(17)14-20(19)16-26-22(24)12-6-4-2/h7-10,13-14H,3-6,11-12,15-16H2,1-2H3. The van der Waals surface area contributed by atoms with Crippen LogP contribution in [0.2, 0.25) is 0 Å². The first-order valence-electron chi connectivity index (χ1n) is 9.45. The van der Waals surface area contributed by atoms with E-state index in [0.29, 0.717) is 12.8 Å². The van der Waals surface area contributed by atoms with Crippen LogP contribution in [0.15, 0.2) is 36.4 Å². The van der Waals surface area contributed by atoms with Crippen LogP contribution in [0.3, 0.4) is 0 Å². The van der Waals surface area contributed by atoms with Crippen molar-refractivity contribution in [1.29, 1.82) is 0 Å². The van der Waals surface area contributed by atoms with Crippen LogP contribution < -0.4 is 0 Å². The normalized spacial score (nSPS) is 10.7. The van der Waals surface area contributed by atoms with Crippen molar-refractivity contribution in [1.82, 2.24) is 0 Å². The third-order valence-electron chi connectivity index (χ3n) is 4.31. The van der Waals surface area contributed by atoms with Gasteiger partial charge in [-0.2, -0.15) is 0 Å². The number of benzene rings is 2. The molecule has 0 fully saturated rings. The van der Waals surface area contributed by atoms with Crippen LogP contribution in [0.4, 0.5) is 0 Å². The molecular weight excluding hydrogens is 328 g/mol. The fourth-order valence-corrected chi connectivity index (χ4v) is 2.71. The Hall–Kier alpha value is -2.36. The van der Waals surface area contributed by atoms with Crippen LogP contribution >= 0.6 is 0 Å². The summed E-state index contributed by atoms with van der Waals surface area (Å²) in [6.07, 6.45) is 4.46. The second-order valence-electron chi connectivity index (χ2n) is 6.50. The molecule has 0 aromatic heterocycles. The molecular formula is C22H28O4. The van der Waals surface area contributed by atoms with Crippen LogP contribution in [-0.2, 0) is 32.3 Å². The molecule has 0 radical (unpaired) electrons. The summed E-state index contributed by atoms with van der Waals surface area (Å²) in [5, 5.41) is 2.15. The predicted molar refractivity (Wildman–Crippen MR) is 103 cm³/mol. The molecule has 0 bridgehead atoms. The molecule has 2 aromatic carbocycles. The zero-order valence-corrected chi connectivity index (χ0v) is 15.8. The van der Waals surface area contributed by atoms with Crippen LogP contribution in [0.25, 0.3) is 10.8 Å². The first-order chi connectivity index (χ1) is 12.6. The SMILES string of the molecule is CCCCC(=O)OCc1cc2ccccc2cc1COC(=O)CCCC. The van der Waals surface area contributed by atoms with Crippen molar-refractivity contribution in [3.63, 3.8) is 0 Å². The van der Waals surface area contributed by atoms with Gasteiger partial charge in [-0.25, -0.2) is 0 Å². The second kappa shape index (κ2) is 10.6. The number of ether oxygens (including phenoxy) is 2. The summed E-state index contributed by atoms with van der Waals surface area (Å²) in [7, 11) is 0. The molecule has 0 aliphatic rings. The molecule has 0 aliphatic carbocycles. The molecule has 0 N–H and O–H groups in total. The molecule has 0 atom stereocenters. The van der Waals surface area contributed by atoms with Crippen molar-refractivity contribution in [2.45, 2.75) is 65.6 Å². The van der Waals surface area contributed by atoms with Crippen LogP contribution in [-0.4, -0.2) is 11.9 Å². The van der Waals surface area contributed by atoms with Gasteiger partial charge >= 0.3 is 11.9 Å². The van der Waals surface area contributed by atoms with Gasteiger partial charge in [0.05, 0.1) is 0 Å². The van der Waals surface area contributed by atoms with Crippen molar-refractivity contribution >= 4 is 22.7 Å². The van der Waals surface area contributed by atoms with Gasteiger partial charge < -0.3 is 9.47 Å². The van der Waals surface area contributed by atoms with Crippen LogP contribution in [0.5, 0.6) is 0 Å². The van der Waals surface area contributed by atoms with Gasteiger partial charge in [0, 0.05) is 12.8 Å². The Morgan fingerprint density at radius 2 is 1.19 bits per heavy atom. The Morgan fingerprint density at radius 1 is 0.769 bits per heavy atom. The molecule has 0 saturated carbocycles.